The number of piperidine rings is 1. The summed E-state index contributed by atoms with van der Waals surface area (Å²) in [6.45, 7) is 8.86. The van der Waals surface area contributed by atoms with Gasteiger partial charge < -0.3 is 20.3 Å². The maximum Gasteiger partial charge on any atom is 0.407 e. The highest BCUT2D eigenvalue weighted by atomic mass is 16.6. The Labute approximate surface area is 218 Å². The highest BCUT2D eigenvalue weighted by molar-refractivity contribution is 6.02. The summed E-state index contributed by atoms with van der Waals surface area (Å²) in [6, 6.07) is 17.7. The van der Waals surface area contributed by atoms with E-state index in [-0.39, 0.29) is 11.9 Å². The number of nitrogens with zero attached hydrogens (tertiary/aromatic N) is 3. The van der Waals surface area contributed by atoms with Gasteiger partial charge in [0, 0.05) is 31.7 Å². The van der Waals surface area contributed by atoms with E-state index in [2.05, 4.69) is 21.6 Å². The lowest BCUT2D eigenvalue weighted by Crippen LogP contribution is -2.60. The number of amides is 2. The molecular weight excluding hydrogens is 466 g/mol. The number of benzene rings is 2. The second-order valence-electron chi connectivity index (χ2n) is 10.7. The van der Waals surface area contributed by atoms with Crippen LogP contribution in [-0.2, 0) is 9.53 Å². The molecular formula is C29H35N5O3. The van der Waals surface area contributed by atoms with Gasteiger partial charge in [-0.3, -0.25) is 9.69 Å². The van der Waals surface area contributed by atoms with Crippen LogP contribution < -0.4 is 10.6 Å². The zero-order chi connectivity index (χ0) is 26.7. The van der Waals surface area contributed by atoms with Crippen LogP contribution in [0.15, 0.2) is 48.5 Å². The summed E-state index contributed by atoms with van der Waals surface area (Å²) < 4.78 is 5.39. The van der Waals surface area contributed by atoms with Crippen molar-refractivity contribution in [3.63, 3.8) is 0 Å². The fourth-order valence-electron chi connectivity index (χ4n) is 4.73. The first-order valence-corrected chi connectivity index (χ1v) is 12.7. The first-order chi connectivity index (χ1) is 17.6. The molecule has 0 aromatic heterocycles. The lowest BCUT2D eigenvalue weighted by Gasteiger charge is -2.43. The number of nitriles is 1. The van der Waals surface area contributed by atoms with Crippen molar-refractivity contribution in [2.75, 3.05) is 20.1 Å². The molecule has 0 saturated carbocycles. The quantitative estimate of drug-likeness (QED) is 0.656. The third-order valence-corrected chi connectivity index (χ3v) is 6.66. The number of likely N-dealkylation sites (tertiary alicyclic amines) is 1. The highest BCUT2D eigenvalue weighted by Gasteiger charge is 2.38. The largest absolute Gasteiger partial charge is 0.444 e. The summed E-state index contributed by atoms with van der Waals surface area (Å²) in [5, 5.41) is 15.7. The van der Waals surface area contributed by atoms with Crippen molar-refractivity contribution in [3.8, 4) is 6.07 Å². The van der Waals surface area contributed by atoms with Crippen LogP contribution in [0.2, 0.25) is 0 Å². The van der Waals surface area contributed by atoms with Crippen molar-refractivity contribution in [2.24, 2.45) is 0 Å². The Morgan fingerprint density at radius 3 is 2.22 bits per heavy atom. The van der Waals surface area contributed by atoms with Crippen molar-refractivity contribution in [3.05, 3.63) is 70.8 Å². The van der Waals surface area contributed by atoms with Crippen molar-refractivity contribution in [2.45, 2.75) is 58.3 Å². The number of hydrogen-bond donors (Lipinski definition) is 2. The minimum Gasteiger partial charge on any atom is -0.444 e. The number of aryl methyl sites for hydroxylation is 1. The molecule has 37 heavy (non-hydrogen) atoms. The summed E-state index contributed by atoms with van der Waals surface area (Å²) in [5.41, 5.74) is 4.66. The molecule has 0 unspecified atom stereocenters. The molecule has 2 amide bonds. The van der Waals surface area contributed by atoms with Gasteiger partial charge in [-0.05, 0) is 58.2 Å². The van der Waals surface area contributed by atoms with E-state index in [1.165, 1.54) is 0 Å². The number of ether oxygens (including phenoxy) is 1. The minimum atomic E-state index is -0.545. The van der Waals surface area contributed by atoms with Crippen LogP contribution in [0.25, 0.3) is 11.4 Å². The molecule has 2 aromatic carbocycles. The first kappa shape index (κ1) is 26.2. The van der Waals surface area contributed by atoms with Gasteiger partial charge in [-0.2, -0.15) is 5.26 Å². The van der Waals surface area contributed by atoms with Gasteiger partial charge in [0.25, 0.3) is 5.91 Å². The van der Waals surface area contributed by atoms with Gasteiger partial charge in [0.15, 0.2) is 6.17 Å². The van der Waals surface area contributed by atoms with Gasteiger partial charge in [0.1, 0.15) is 5.60 Å². The van der Waals surface area contributed by atoms with E-state index in [0.29, 0.717) is 18.7 Å². The van der Waals surface area contributed by atoms with Crippen molar-refractivity contribution in [1.29, 1.82) is 5.26 Å². The Hall–Kier alpha value is -3.83. The summed E-state index contributed by atoms with van der Waals surface area (Å²) in [6.07, 6.45) is 0.489. The Balaban J connectivity index is 1.57. The molecule has 0 aliphatic carbocycles. The fraction of sp³-hybridized carbons (Fsp3) is 0.414. The third kappa shape index (κ3) is 6.12. The SMILES string of the molecule is Cc1ccc(C2=C(c3ccc(C#N)cc3)N[C@@H](N3CCC(NC(=O)OC(C)(C)C)CC3)C(=O)N2C)cc1. The summed E-state index contributed by atoms with van der Waals surface area (Å²) in [7, 11) is 1.81. The number of likely N-dealkylation sites (N-methyl/N-ethyl adjacent to an activating group) is 1. The van der Waals surface area contributed by atoms with Crippen molar-refractivity contribution >= 4 is 23.4 Å². The molecule has 8 nitrogen and oxygen atoms in total. The van der Waals surface area contributed by atoms with Crippen molar-refractivity contribution in [1.82, 2.24) is 20.4 Å². The van der Waals surface area contributed by atoms with Crippen LogP contribution in [0.1, 0.15) is 55.9 Å². The number of carbonyl (C=O) groups excluding carboxylic acids is 2. The summed E-state index contributed by atoms with van der Waals surface area (Å²) >= 11 is 0. The van der Waals surface area contributed by atoms with E-state index >= 15 is 0 Å². The van der Waals surface area contributed by atoms with Gasteiger partial charge in [0.2, 0.25) is 0 Å². The Morgan fingerprint density at radius 2 is 1.65 bits per heavy atom. The minimum absolute atomic E-state index is 0.000759. The van der Waals surface area contributed by atoms with Crippen LogP contribution in [0.5, 0.6) is 0 Å². The van der Waals surface area contributed by atoms with Crippen LogP contribution in [0, 0.1) is 18.3 Å². The van der Waals surface area contributed by atoms with E-state index in [0.717, 1.165) is 40.9 Å². The molecule has 1 saturated heterocycles. The Kier molecular flexibility index (Phi) is 7.55. The van der Waals surface area contributed by atoms with E-state index in [4.69, 9.17) is 4.74 Å². The topological polar surface area (TPSA) is 97.7 Å². The van der Waals surface area contributed by atoms with Gasteiger partial charge in [0.05, 0.1) is 23.0 Å². The first-order valence-electron chi connectivity index (χ1n) is 12.7. The van der Waals surface area contributed by atoms with Gasteiger partial charge in [-0.25, -0.2) is 4.79 Å². The lowest BCUT2D eigenvalue weighted by atomic mass is 9.98. The second-order valence-corrected chi connectivity index (χ2v) is 10.7. The molecule has 0 bridgehead atoms. The molecule has 0 spiro atoms. The molecule has 8 heteroatoms. The maximum absolute atomic E-state index is 13.6. The monoisotopic (exact) mass is 501 g/mol. The summed E-state index contributed by atoms with van der Waals surface area (Å²) in [5.74, 6) is -0.0356. The molecule has 4 rings (SSSR count). The van der Waals surface area contributed by atoms with Gasteiger partial charge in [-0.1, -0.05) is 42.0 Å². The Bertz CT molecular complexity index is 1210. The molecule has 1 atom stereocenters. The van der Waals surface area contributed by atoms with E-state index < -0.39 is 17.9 Å². The summed E-state index contributed by atoms with van der Waals surface area (Å²) in [4.78, 5) is 29.7. The van der Waals surface area contributed by atoms with E-state index in [9.17, 15) is 14.9 Å². The third-order valence-electron chi connectivity index (χ3n) is 6.66. The van der Waals surface area contributed by atoms with Gasteiger partial charge >= 0.3 is 6.09 Å². The van der Waals surface area contributed by atoms with Crippen LogP contribution in [-0.4, -0.2) is 59.7 Å². The average Bonchev–Trinajstić information content (AvgIpc) is 2.86. The standard InChI is InChI=1S/C29H35N5O3/c1-19-6-10-22(11-7-19)25-24(21-12-8-20(18-30)9-13-21)32-26(27(35)33(25)5)34-16-14-23(15-17-34)31-28(36)37-29(2,3)4/h6-13,23,26,32H,14-17H2,1-5H3,(H,31,36)/t26-/m0/s1. The predicted octanol–water partition coefficient (Wildman–Crippen LogP) is 4.07. The smallest absolute Gasteiger partial charge is 0.407 e. The van der Waals surface area contributed by atoms with Crippen LogP contribution in [0.3, 0.4) is 0 Å². The van der Waals surface area contributed by atoms with Crippen molar-refractivity contribution < 1.29 is 14.3 Å². The molecule has 0 radical (unpaired) electrons. The molecule has 2 heterocycles. The number of rotatable bonds is 4. The van der Waals surface area contributed by atoms with E-state index in [1.54, 1.807) is 17.0 Å². The van der Waals surface area contributed by atoms with E-state index in [1.807, 2.05) is 71.1 Å². The number of nitrogens with one attached hydrogen (secondary N) is 2. The molecule has 2 aliphatic rings. The average molecular weight is 502 g/mol. The molecule has 194 valence electrons. The maximum atomic E-state index is 13.6. The van der Waals surface area contributed by atoms with Gasteiger partial charge in [-0.15, -0.1) is 0 Å². The normalized spacial score (nSPS) is 19.3. The zero-order valence-corrected chi connectivity index (χ0v) is 22.2. The number of hydrogen-bond acceptors (Lipinski definition) is 6. The molecule has 2 aliphatic heterocycles. The second kappa shape index (κ2) is 10.7. The molecule has 2 N–H and O–H groups in total. The molecule has 2 aromatic rings. The highest BCUT2D eigenvalue weighted by Crippen LogP contribution is 2.33. The lowest BCUT2D eigenvalue weighted by molar-refractivity contribution is -0.134. The number of carbonyl (C=O) groups is 2. The van der Waals surface area contributed by atoms with Crippen LogP contribution in [0.4, 0.5) is 4.79 Å². The predicted molar refractivity (Wildman–Crippen MR) is 143 cm³/mol. The Morgan fingerprint density at radius 1 is 1.05 bits per heavy atom. The van der Waals surface area contributed by atoms with Crippen LogP contribution >= 0.6 is 0 Å². The molecule has 1 fully saturated rings. The zero-order valence-electron chi connectivity index (χ0n) is 22.2. The number of alkyl carbamates (subject to hydrolysis) is 1. The fourth-order valence-corrected chi connectivity index (χ4v) is 4.73.